The smallest absolute Gasteiger partial charge is 0.222 e. The highest BCUT2D eigenvalue weighted by molar-refractivity contribution is 7.90. The van der Waals surface area contributed by atoms with Crippen LogP contribution in [0.1, 0.15) is 46.0 Å². The van der Waals surface area contributed by atoms with E-state index in [9.17, 15) is 17.6 Å². The number of hydrogen-bond donors (Lipinski definition) is 0. The largest absolute Gasteiger partial charge is 0.493 e. The summed E-state index contributed by atoms with van der Waals surface area (Å²) in [6.45, 7) is 10.3. The van der Waals surface area contributed by atoms with E-state index in [0.717, 1.165) is 51.1 Å². The molecule has 0 radical (unpaired) electrons. The number of likely N-dealkylation sites (tertiary alicyclic amines) is 1. The Morgan fingerprint density at radius 2 is 2.03 bits per heavy atom. The van der Waals surface area contributed by atoms with E-state index in [-0.39, 0.29) is 16.2 Å². The number of piperidine rings is 1. The molecule has 0 spiro atoms. The van der Waals surface area contributed by atoms with Crippen molar-refractivity contribution in [2.45, 2.75) is 50.8 Å². The zero-order valence-electron chi connectivity index (χ0n) is 18.8. The molecule has 0 aromatic heterocycles. The number of ether oxygens (including phenoxy) is 1. The van der Waals surface area contributed by atoms with Gasteiger partial charge in [-0.05, 0) is 61.0 Å². The van der Waals surface area contributed by atoms with Gasteiger partial charge in [0.05, 0.1) is 6.61 Å². The number of amides is 1. The maximum atomic E-state index is 14.0. The number of sulfone groups is 1. The summed E-state index contributed by atoms with van der Waals surface area (Å²) in [5.74, 6) is 1.34. The number of rotatable bonds is 9. The van der Waals surface area contributed by atoms with Crippen LogP contribution >= 0.6 is 0 Å². The molecule has 0 bridgehead atoms. The Morgan fingerprint density at radius 1 is 1.35 bits per heavy atom. The van der Waals surface area contributed by atoms with Gasteiger partial charge in [0.1, 0.15) is 16.5 Å². The van der Waals surface area contributed by atoms with E-state index < -0.39 is 15.7 Å². The molecular weight excluding hydrogens is 417 g/mol. The lowest BCUT2D eigenvalue weighted by Crippen LogP contribution is -2.39. The zero-order valence-corrected chi connectivity index (χ0v) is 19.6. The fourth-order valence-electron chi connectivity index (χ4n) is 4.87. The number of benzene rings is 1. The molecule has 2 aliphatic rings. The quantitative estimate of drug-likeness (QED) is 0.520. The van der Waals surface area contributed by atoms with Crippen LogP contribution in [-0.2, 0) is 14.6 Å². The highest BCUT2D eigenvalue weighted by Gasteiger charge is 2.54. The molecule has 1 aliphatic carbocycles. The van der Waals surface area contributed by atoms with Gasteiger partial charge in [0.2, 0.25) is 5.91 Å². The Morgan fingerprint density at radius 3 is 2.58 bits per heavy atom. The van der Waals surface area contributed by atoms with Crippen molar-refractivity contribution in [3.63, 3.8) is 0 Å². The monoisotopic (exact) mass is 451 g/mol. The Balaban J connectivity index is 1.49. The number of hydrogen-bond acceptors (Lipinski definition) is 4. The Hall–Kier alpha value is -1.89. The number of halogens is 1. The average molecular weight is 452 g/mol. The first-order chi connectivity index (χ1) is 14.6. The third kappa shape index (κ3) is 5.68. The van der Waals surface area contributed by atoms with Crippen LogP contribution in [0.5, 0.6) is 5.75 Å². The van der Waals surface area contributed by atoms with Crippen molar-refractivity contribution in [3.05, 3.63) is 36.7 Å². The molecule has 172 valence electrons. The molecule has 1 aromatic rings. The summed E-state index contributed by atoms with van der Waals surface area (Å²) in [7, 11) is -3.59. The van der Waals surface area contributed by atoms with Crippen molar-refractivity contribution in [2.24, 2.45) is 23.2 Å². The minimum absolute atomic E-state index is 0.0417. The number of nitrogens with zero attached hydrogens (tertiary/aromatic N) is 1. The molecule has 2 unspecified atom stereocenters. The minimum Gasteiger partial charge on any atom is -0.493 e. The number of carbonyl (C=O) groups excluding carboxylic acids is 1. The second-order valence-electron chi connectivity index (χ2n) is 9.53. The Kier molecular flexibility index (Phi) is 7.14. The van der Waals surface area contributed by atoms with E-state index in [2.05, 4.69) is 20.4 Å². The molecule has 0 N–H and O–H groups in total. The van der Waals surface area contributed by atoms with Gasteiger partial charge in [-0.25, -0.2) is 12.8 Å². The summed E-state index contributed by atoms with van der Waals surface area (Å²) in [6.07, 6.45) is 7.57. The predicted octanol–water partition coefficient (Wildman–Crippen LogP) is 4.48. The lowest BCUT2D eigenvalue weighted by Gasteiger charge is -2.33. The van der Waals surface area contributed by atoms with Gasteiger partial charge >= 0.3 is 0 Å². The van der Waals surface area contributed by atoms with Gasteiger partial charge in [-0.1, -0.05) is 19.9 Å². The predicted molar refractivity (Wildman–Crippen MR) is 119 cm³/mol. The third-order valence-electron chi connectivity index (χ3n) is 6.77. The van der Waals surface area contributed by atoms with E-state index in [1.165, 1.54) is 12.1 Å². The molecule has 1 aromatic carbocycles. The molecule has 31 heavy (non-hydrogen) atoms. The summed E-state index contributed by atoms with van der Waals surface area (Å²) < 4.78 is 42.8. The number of allylic oxidation sites excluding steroid dienone is 1. The van der Waals surface area contributed by atoms with E-state index in [0.29, 0.717) is 36.5 Å². The van der Waals surface area contributed by atoms with Gasteiger partial charge in [0, 0.05) is 31.8 Å². The first-order valence-electron chi connectivity index (χ1n) is 11.1. The van der Waals surface area contributed by atoms with Crippen LogP contribution in [-0.4, -0.2) is 45.2 Å². The first kappa shape index (κ1) is 23.8. The summed E-state index contributed by atoms with van der Waals surface area (Å²) >= 11 is 0. The van der Waals surface area contributed by atoms with Gasteiger partial charge in [-0.3, -0.25) is 4.79 Å². The van der Waals surface area contributed by atoms with Gasteiger partial charge < -0.3 is 9.64 Å². The van der Waals surface area contributed by atoms with Crippen LogP contribution in [0, 0.1) is 29.0 Å². The molecule has 3 rings (SSSR count). The summed E-state index contributed by atoms with van der Waals surface area (Å²) in [6, 6.07) is 3.87. The zero-order chi connectivity index (χ0) is 22.8. The first-order valence-corrected chi connectivity index (χ1v) is 13.0. The van der Waals surface area contributed by atoms with Crippen molar-refractivity contribution in [1.29, 1.82) is 0 Å². The van der Waals surface area contributed by atoms with Crippen molar-refractivity contribution in [1.82, 2.24) is 4.90 Å². The van der Waals surface area contributed by atoms with Gasteiger partial charge in [0.25, 0.3) is 0 Å². The molecule has 1 heterocycles. The van der Waals surface area contributed by atoms with Crippen LogP contribution in [0.4, 0.5) is 4.39 Å². The lowest BCUT2D eigenvalue weighted by molar-refractivity contribution is -0.133. The standard InChI is InChI=1S/C24H34FNO4S/c1-5-24(10-13-30-19-6-7-22(21(25)15-19)31(4,28)29)16-20(24)18-8-11-26(12-9-18)23(27)14-17(2)3/h5-7,15,17-18,20H,1,8-14,16H2,2-4H3. The van der Waals surface area contributed by atoms with Crippen LogP contribution in [0.3, 0.4) is 0 Å². The topological polar surface area (TPSA) is 63.7 Å². The van der Waals surface area contributed by atoms with E-state index in [4.69, 9.17) is 4.74 Å². The Bertz CT molecular complexity index is 922. The molecule has 2 atom stereocenters. The normalized spacial score (nSPS) is 24.3. The highest BCUT2D eigenvalue weighted by atomic mass is 32.2. The highest BCUT2D eigenvalue weighted by Crippen LogP contribution is 2.61. The van der Waals surface area contributed by atoms with Crippen molar-refractivity contribution in [2.75, 3.05) is 26.0 Å². The maximum absolute atomic E-state index is 14.0. The second kappa shape index (κ2) is 9.31. The lowest BCUT2D eigenvalue weighted by atomic mass is 9.85. The molecule has 2 fully saturated rings. The molecule has 1 aliphatic heterocycles. The maximum Gasteiger partial charge on any atom is 0.222 e. The minimum atomic E-state index is -3.59. The van der Waals surface area contributed by atoms with Gasteiger partial charge in [-0.15, -0.1) is 6.58 Å². The fraction of sp³-hybridized carbons (Fsp3) is 0.625. The SMILES string of the molecule is C=CC1(CCOc2ccc(S(C)(=O)=O)c(F)c2)CC1C1CCN(C(=O)CC(C)C)CC1. The molecular formula is C24H34FNO4S. The summed E-state index contributed by atoms with van der Waals surface area (Å²) in [4.78, 5) is 14.0. The molecule has 1 saturated heterocycles. The van der Waals surface area contributed by atoms with Crippen molar-refractivity contribution in [3.8, 4) is 5.75 Å². The van der Waals surface area contributed by atoms with Crippen LogP contribution < -0.4 is 4.74 Å². The third-order valence-corrected chi connectivity index (χ3v) is 7.90. The van der Waals surface area contributed by atoms with Crippen LogP contribution in [0.15, 0.2) is 35.7 Å². The van der Waals surface area contributed by atoms with E-state index >= 15 is 0 Å². The van der Waals surface area contributed by atoms with Gasteiger partial charge in [0.15, 0.2) is 9.84 Å². The van der Waals surface area contributed by atoms with Crippen molar-refractivity contribution < 1.29 is 22.3 Å². The average Bonchev–Trinajstić information content (AvgIpc) is 3.41. The molecule has 5 nitrogen and oxygen atoms in total. The summed E-state index contributed by atoms with van der Waals surface area (Å²) in [5.41, 5.74) is 0.0417. The summed E-state index contributed by atoms with van der Waals surface area (Å²) in [5, 5.41) is 0. The van der Waals surface area contributed by atoms with E-state index in [1.54, 1.807) is 0 Å². The number of carbonyl (C=O) groups is 1. The Labute approximate surface area is 185 Å². The van der Waals surface area contributed by atoms with Crippen molar-refractivity contribution >= 4 is 15.7 Å². The van der Waals surface area contributed by atoms with Gasteiger partial charge in [-0.2, -0.15) is 0 Å². The van der Waals surface area contributed by atoms with Crippen LogP contribution in [0.25, 0.3) is 0 Å². The molecule has 1 saturated carbocycles. The second-order valence-corrected chi connectivity index (χ2v) is 11.5. The fourth-order valence-corrected chi connectivity index (χ4v) is 5.60. The van der Waals surface area contributed by atoms with E-state index in [1.807, 2.05) is 11.0 Å². The molecule has 7 heteroatoms. The van der Waals surface area contributed by atoms with Crippen LogP contribution in [0.2, 0.25) is 0 Å². The molecule has 1 amide bonds.